The Balaban J connectivity index is 2.69. The molecule has 0 amide bonds. The highest BCUT2D eigenvalue weighted by molar-refractivity contribution is 14.1. The molecule has 0 aliphatic rings. The number of nitrogens with zero attached hydrogens (tertiary/aromatic N) is 3. The summed E-state index contributed by atoms with van der Waals surface area (Å²) >= 11 is 5.83. The summed E-state index contributed by atoms with van der Waals surface area (Å²) in [6, 6.07) is 6.03. The summed E-state index contributed by atoms with van der Waals surface area (Å²) in [7, 11) is 3.90. The minimum absolute atomic E-state index is 0.915. The first-order valence-corrected chi connectivity index (χ1v) is 6.90. The van der Waals surface area contributed by atoms with E-state index in [1.807, 2.05) is 31.1 Å². The van der Waals surface area contributed by atoms with Gasteiger partial charge in [-0.15, -0.1) is 0 Å². The predicted molar refractivity (Wildman–Crippen MR) is 84.0 cm³/mol. The molecule has 0 fully saturated rings. The second kappa shape index (κ2) is 5.30. The van der Waals surface area contributed by atoms with Gasteiger partial charge in [0, 0.05) is 33.7 Å². The van der Waals surface area contributed by atoms with Crippen LogP contribution in [0.2, 0.25) is 0 Å². The van der Waals surface area contributed by atoms with Gasteiger partial charge in [0.15, 0.2) is 0 Å². The Bertz CT molecular complexity index is 581. The quantitative estimate of drug-likeness (QED) is 0.433. The molecule has 0 saturated heterocycles. The zero-order chi connectivity index (χ0) is 12.4. The molecule has 88 valence electrons. The molecule has 0 radical (unpaired) electrons. The Kier molecular flexibility index (Phi) is 3.98. The van der Waals surface area contributed by atoms with Crippen molar-refractivity contribution in [2.24, 2.45) is 4.99 Å². The van der Waals surface area contributed by atoms with Gasteiger partial charge in [-0.2, -0.15) is 0 Å². The monoisotopic (exact) mass is 403 g/mol. The number of halogens is 2. The van der Waals surface area contributed by atoms with Crippen molar-refractivity contribution in [1.82, 2.24) is 9.88 Å². The molecular weight excluding hydrogens is 393 g/mol. The van der Waals surface area contributed by atoms with Gasteiger partial charge >= 0.3 is 0 Å². The summed E-state index contributed by atoms with van der Waals surface area (Å²) in [4.78, 5) is 10.8. The number of rotatable bonds is 2. The molecule has 2 aromatic rings. The van der Waals surface area contributed by atoms with E-state index in [1.54, 1.807) is 12.5 Å². The van der Waals surface area contributed by atoms with Crippen LogP contribution in [0.25, 0.3) is 10.9 Å². The van der Waals surface area contributed by atoms with E-state index in [0.29, 0.717) is 0 Å². The third-order valence-corrected chi connectivity index (χ3v) is 3.67. The van der Waals surface area contributed by atoms with Crippen LogP contribution >= 0.6 is 38.5 Å². The molecule has 0 aliphatic heterocycles. The van der Waals surface area contributed by atoms with E-state index in [2.05, 4.69) is 54.6 Å². The van der Waals surface area contributed by atoms with Crippen LogP contribution in [0.15, 0.2) is 33.9 Å². The second-order valence-electron chi connectivity index (χ2n) is 3.80. The smallest absolute Gasteiger partial charge is 0.104 e. The average Bonchev–Trinajstić information content (AvgIpc) is 2.28. The zero-order valence-electron chi connectivity index (χ0n) is 9.48. The number of hydrogen-bond donors (Lipinski definition) is 0. The summed E-state index contributed by atoms with van der Waals surface area (Å²) in [6.07, 6.45) is 3.58. The lowest BCUT2D eigenvalue weighted by molar-refractivity contribution is 0.643. The van der Waals surface area contributed by atoms with Gasteiger partial charge in [0.25, 0.3) is 0 Å². The summed E-state index contributed by atoms with van der Waals surface area (Å²) in [5.74, 6) is 0. The number of hydrogen-bond acceptors (Lipinski definition) is 2. The van der Waals surface area contributed by atoms with E-state index in [1.165, 1.54) is 0 Å². The zero-order valence-corrected chi connectivity index (χ0v) is 13.2. The maximum atomic E-state index is 4.48. The lowest BCUT2D eigenvalue weighted by atomic mass is 10.2. The number of benzene rings is 1. The van der Waals surface area contributed by atoms with E-state index < -0.39 is 0 Å². The molecule has 0 bridgehead atoms. The van der Waals surface area contributed by atoms with Crippen molar-refractivity contribution >= 4 is 61.4 Å². The highest BCUT2D eigenvalue weighted by atomic mass is 127. The van der Waals surface area contributed by atoms with Crippen LogP contribution in [-0.4, -0.2) is 30.3 Å². The Morgan fingerprint density at radius 3 is 2.94 bits per heavy atom. The summed E-state index contributed by atoms with van der Waals surface area (Å²) in [5.41, 5.74) is 1.84. The molecular formula is C12H11BrIN3. The lowest BCUT2D eigenvalue weighted by Crippen LogP contribution is -2.07. The van der Waals surface area contributed by atoms with Gasteiger partial charge in [-0.3, -0.25) is 4.98 Å². The first kappa shape index (κ1) is 12.8. The molecule has 3 nitrogen and oxygen atoms in total. The Hall–Kier alpha value is -0.690. The Morgan fingerprint density at radius 2 is 2.24 bits per heavy atom. The second-order valence-corrected chi connectivity index (χ2v) is 5.81. The lowest BCUT2D eigenvalue weighted by Gasteiger charge is -2.07. The van der Waals surface area contributed by atoms with Gasteiger partial charge in [0.1, 0.15) is 5.69 Å². The molecule has 0 atom stereocenters. The van der Waals surface area contributed by atoms with Crippen molar-refractivity contribution in [3.05, 3.63) is 32.4 Å². The van der Waals surface area contributed by atoms with Gasteiger partial charge in [-0.1, -0.05) is 22.0 Å². The third kappa shape index (κ3) is 2.77. The predicted octanol–water partition coefficient (Wildman–Crippen LogP) is 3.82. The maximum absolute atomic E-state index is 4.48. The third-order valence-electron chi connectivity index (χ3n) is 2.19. The van der Waals surface area contributed by atoms with Crippen molar-refractivity contribution in [3.63, 3.8) is 0 Å². The first-order valence-electron chi connectivity index (χ1n) is 5.03. The van der Waals surface area contributed by atoms with Crippen molar-refractivity contribution in [2.75, 3.05) is 14.1 Å². The largest absolute Gasteiger partial charge is 0.369 e. The summed E-state index contributed by atoms with van der Waals surface area (Å²) in [6.45, 7) is 0. The highest BCUT2D eigenvalue weighted by Crippen LogP contribution is 2.34. The average molecular weight is 404 g/mol. The fourth-order valence-corrected chi connectivity index (χ4v) is 3.14. The van der Waals surface area contributed by atoms with Gasteiger partial charge in [0.05, 0.1) is 11.9 Å². The van der Waals surface area contributed by atoms with Crippen LogP contribution in [0, 0.1) is 3.57 Å². The first-order chi connectivity index (χ1) is 8.09. The van der Waals surface area contributed by atoms with Crippen molar-refractivity contribution < 1.29 is 0 Å². The minimum atomic E-state index is 0.915. The normalized spacial score (nSPS) is 11.3. The number of fused-ring (bicyclic) bond motifs is 1. The minimum Gasteiger partial charge on any atom is -0.369 e. The topological polar surface area (TPSA) is 28.5 Å². The molecule has 0 aliphatic carbocycles. The molecule has 0 spiro atoms. The van der Waals surface area contributed by atoms with Crippen molar-refractivity contribution in [1.29, 1.82) is 0 Å². The Labute approximate surface area is 122 Å². The van der Waals surface area contributed by atoms with Crippen molar-refractivity contribution in [2.45, 2.75) is 0 Å². The molecule has 0 saturated carbocycles. The fourth-order valence-electron chi connectivity index (χ4n) is 1.45. The standard InChI is InChI=1S/C12H11BrIN3/c1-17(2)7-16-12-10(14)6-9(13)8-4-3-5-15-11(8)12/h3-7H,1-2H3. The van der Waals surface area contributed by atoms with E-state index in [0.717, 1.165) is 24.6 Å². The fraction of sp³-hybridized carbons (Fsp3) is 0.167. The van der Waals surface area contributed by atoms with E-state index >= 15 is 0 Å². The summed E-state index contributed by atoms with van der Waals surface area (Å²) in [5, 5.41) is 1.08. The van der Waals surface area contributed by atoms with Crippen LogP contribution in [0.1, 0.15) is 0 Å². The van der Waals surface area contributed by atoms with Crippen LogP contribution in [-0.2, 0) is 0 Å². The molecule has 2 rings (SSSR count). The van der Waals surface area contributed by atoms with Crippen molar-refractivity contribution in [3.8, 4) is 0 Å². The molecule has 1 aromatic heterocycles. The molecule has 0 unspecified atom stereocenters. The Morgan fingerprint density at radius 1 is 1.47 bits per heavy atom. The molecule has 1 heterocycles. The van der Waals surface area contributed by atoms with Crippen LogP contribution in [0.4, 0.5) is 5.69 Å². The highest BCUT2D eigenvalue weighted by Gasteiger charge is 2.09. The number of aliphatic imine (C=N–C) groups is 1. The molecule has 17 heavy (non-hydrogen) atoms. The SMILES string of the molecule is CN(C)C=Nc1c(I)cc(Br)c2cccnc12. The molecule has 0 N–H and O–H groups in total. The maximum Gasteiger partial charge on any atom is 0.104 e. The van der Waals surface area contributed by atoms with E-state index in [-0.39, 0.29) is 0 Å². The summed E-state index contributed by atoms with van der Waals surface area (Å²) < 4.78 is 2.13. The molecule has 1 aromatic carbocycles. The number of pyridine rings is 1. The van der Waals surface area contributed by atoms with Crippen LogP contribution in [0.5, 0.6) is 0 Å². The van der Waals surface area contributed by atoms with Gasteiger partial charge in [-0.25, -0.2) is 4.99 Å². The van der Waals surface area contributed by atoms with Crippen LogP contribution < -0.4 is 0 Å². The van der Waals surface area contributed by atoms with Gasteiger partial charge in [0.2, 0.25) is 0 Å². The number of aromatic nitrogens is 1. The van der Waals surface area contributed by atoms with E-state index in [4.69, 9.17) is 0 Å². The van der Waals surface area contributed by atoms with Gasteiger partial charge in [-0.05, 0) is 34.7 Å². The van der Waals surface area contributed by atoms with Crippen LogP contribution in [0.3, 0.4) is 0 Å². The van der Waals surface area contributed by atoms with Gasteiger partial charge < -0.3 is 4.90 Å². The molecule has 5 heteroatoms. The van der Waals surface area contributed by atoms with E-state index in [9.17, 15) is 0 Å².